The van der Waals surface area contributed by atoms with Gasteiger partial charge in [0.15, 0.2) is 0 Å². The molecule has 0 bridgehead atoms. The Hall–Kier alpha value is -0.820. The van der Waals surface area contributed by atoms with E-state index in [1.807, 2.05) is 0 Å². The molecule has 1 nitrogen and oxygen atoms in total. The standard InChI is InChI=1S/C16H23N/c1-11-6-12(2)15(13(3)7-11)14-4-5-16(8-14)9-17-10-16/h6-7,14,17H,4-5,8-10H2,1-3H3. The van der Waals surface area contributed by atoms with Crippen LogP contribution in [0.25, 0.3) is 0 Å². The lowest BCUT2D eigenvalue weighted by Crippen LogP contribution is -2.51. The van der Waals surface area contributed by atoms with Crippen LogP contribution in [-0.2, 0) is 0 Å². The van der Waals surface area contributed by atoms with Gasteiger partial charge in [0.2, 0.25) is 0 Å². The minimum absolute atomic E-state index is 0.661. The number of hydrogen-bond acceptors (Lipinski definition) is 1. The fraction of sp³-hybridized carbons (Fsp3) is 0.625. The summed E-state index contributed by atoms with van der Waals surface area (Å²) in [5, 5.41) is 3.45. The lowest BCUT2D eigenvalue weighted by atomic mass is 9.78. The third-order valence-electron chi connectivity index (χ3n) is 4.85. The molecule has 0 radical (unpaired) electrons. The van der Waals surface area contributed by atoms with Crippen LogP contribution in [0.4, 0.5) is 0 Å². The van der Waals surface area contributed by atoms with E-state index in [0.717, 1.165) is 5.92 Å². The Kier molecular flexibility index (Phi) is 2.55. The Morgan fingerprint density at radius 3 is 2.24 bits per heavy atom. The molecular formula is C16H23N. The molecule has 1 spiro atoms. The van der Waals surface area contributed by atoms with Crippen molar-refractivity contribution in [2.24, 2.45) is 5.41 Å². The summed E-state index contributed by atoms with van der Waals surface area (Å²) < 4.78 is 0. The van der Waals surface area contributed by atoms with E-state index in [1.165, 1.54) is 49.0 Å². The zero-order valence-electron chi connectivity index (χ0n) is 11.3. The highest BCUT2D eigenvalue weighted by Crippen LogP contribution is 2.50. The van der Waals surface area contributed by atoms with Crippen molar-refractivity contribution in [1.29, 1.82) is 0 Å². The first-order chi connectivity index (χ1) is 8.10. The van der Waals surface area contributed by atoms with Crippen molar-refractivity contribution < 1.29 is 0 Å². The smallest absolute Gasteiger partial charge is 0.00204 e. The molecule has 17 heavy (non-hydrogen) atoms. The van der Waals surface area contributed by atoms with Gasteiger partial charge in [-0.3, -0.25) is 0 Å². The van der Waals surface area contributed by atoms with Crippen LogP contribution in [0.5, 0.6) is 0 Å². The van der Waals surface area contributed by atoms with E-state index in [4.69, 9.17) is 0 Å². The summed E-state index contributed by atoms with van der Waals surface area (Å²) in [5.74, 6) is 0.817. The third kappa shape index (κ3) is 1.81. The van der Waals surface area contributed by atoms with Crippen molar-refractivity contribution in [3.63, 3.8) is 0 Å². The van der Waals surface area contributed by atoms with E-state index in [9.17, 15) is 0 Å². The number of hydrogen-bond donors (Lipinski definition) is 1. The fourth-order valence-electron chi connectivity index (χ4n) is 4.09. The lowest BCUT2D eigenvalue weighted by molar-refractivity contribution is 0.175. The van der Waals surface area contributed by atoms with Crippen molar-refractivity contribution >= 4 is 0 Å². The molecule has 1 aliphatic carbocycles. The average molecular weight is 229 g/mol. The van der Waals surface area contributed by atoms with Gasteiger partial charge in [-0.1, -0.05) is 17.7 Å². The second-order valence-corrected chi connectivity index (χ2v) is 6.36. The Morgan fingerprint density at radius 2 is 1.76 bits per heavy atom. The molecule has 0 aromatic heterocycles. The first kappa shape index (κ1) is 11.3. The largest absolute Gasteiger partial charge is 0.316 e. The molecule has 1 N–H and O–H groups in total. The van der Waals surface area contributed by atoms with E-state index in [2.05, 4.69) is 38.2 Å². The summed E-state index contributed by atoms with van der Waals surface area (Å²) in [5.41, 5.74) is 6.74. The Morgan fingerprint density at radius 1 is 1.12 bits per heavy atom. The molecule has 0 amide bonds. The van der Waals surface area contributed by atoms with Crippen LogP contribution in [0.2, 0.25) is 0 Å². The predicted octanol–water partition coefficient (Wildman–Crippen LogP) is 3.47. The molecule has 1 saturated carbocycles. The number of nitrogens with one attached hydrogen (secondary N) is 1. The second-order valence-electron chi connectivity index (χ2n) is 6.36. The molecule has 1 heterocycles. The Labute approximate surface area is 105 Å². The van der Waals surface area contributed by atoms with Gasteiger partial charge in [-0.15, -0.1) is 0 Å². The summed E-state index contributed by atoms with van der Waals surface area (Å²) in [6.07, 6.45) is 4.23. The highest BCUT2D eigenvalue weighted by atomic mass is 15.0. The molecule has 1 aromatic rings. The van der Waals surface area contributed by atoms with Crippen LogP contribution in [0.3, 0.4) is 0 Å². The van der Waals surface area contributed by atoms with Gasteiger partial charge in [0.25, 0.3) is 0 Å². The monoisotopic (exact) mass is 229 g/mol. The van der Waals surface area contributed by atoms with Gasteiger partial charge in [-0.2, -0.15) is 0 Å². The SMILES string of the molecule is Cc1cc(C)c(C2CCC3(CNC3)C2)c(C)c1. The van der Waals surface area contributed by atoms with Gasteiger partial charge < -0.3 is 5.32 Å². The Balaban J connectivity index is 1.90. The van der Waals surface area contributed by atoms with E-state index in [1.54, 1.807) is 5.56 Å². The maximum absolute atomic E-state index is 3.45. The summed E-state index contributed by atoms with van der Waals surface area (Å²) >= 11 is 0. The average Bonchev–Trinajstić information content (AvgIpc) is 2.60. The van der Waals surface area contributed by atoms with Gasteiger partial charge in [0, 0.05) is 13.1 Å². The van der Waals surface area contributed by atoms with Crippen molar-refractivity contribution in [3.8, 4) is 0 Å². The van der Waals surface area contributed by atoms with Gasteiger partial charge in [-0.25, -0.2) is 0 Å². The number of rotatable bonds is 1. The molecule has 2 fully saturated rings. The zero-order chi connectivity index (χ0) is 12.0. The van der Waals surface area contributed by atoms with Crippen molar-refractivity contribution in [2.45, 2.75) is 46.0 Å². The molecule has 1 atom stereocenters. The first-order valence-corrected chi connectivity index (χ1v) is 6.88. The summed E-state index contributed by atoms with van der Waals surface area (Å²) in [6, 6.07) is 4.71. The number of benzene rings is 1. The molecule has 92 valence electrons. The van der Waals surface area contributed by atoms with Crippen LogP contribution < -0.4 is 5.32 Å². The highest BCUT2D eigenvalue weighted by Gasteiger charge is 2.44. The van der Waals surface area contributed by atoms with Crippen LogP contribution in [0, 0.1) is 26.2 Å². The van der Waals surface area contributed by atoms with Gasteiger partial charge in [-0.05, 0) is 68.1 Å². The van der Waals surface area contributed by atoms with Gasteiger partial charge in [0.1, 0.15) is 0 Å². The normalized spacial score (nSPS) is 26.2. The van der Waals surface area contributed by atoms with Crippen molar-refractivity contribution in [1.82, 2.24) is 5.32 Å². The summed E-state index contributed by atoms with van der Waals surface area (Å²) in [4.78, 5) is 0. The van der Waals surface area contributed by atoms with Crippen LogP contribution >= 0.6 is 0 Å². The lowest BCUT2D eigenvalue weighted by Gasteiger charge is -2.39. The molecule has 1 aliphatic heterocycles. The maximum Gasteiger partial charge on any atom is 0.00204 e. The zero-order valence-corrected chi connectivity index (χ0v) is 11.3. The molecule has 1 aromatic carbocycles. The predicted molar refractivity (Wildman–Crippen MR) is 72.5 cm³/mol. The van der Waals surface area contributed by atoms with Crippen LogP contribution in [-0.4, -0.2) is 13.1 Å². The molecule has 3 rings (SSSR count). The summed E-state index contributed by atoms with van der Waals surface area (Å²) in [7, 11) is 0. The number of aryl methyl sites for hydroxylation is 3. The molecule has 2 aliphatic rings. The van der Waals surface area contributed by atoms with Crippen molar-refractivity contribution in [3.05, 3.63) is 34.4 Å². The minimum atomic E-state index is 0.661. The topological polar surface area (TPSA) is 12.0 Å². The summed E-state index contributed by atoms with van der Waals surface area (Å²) in [6.45, 7) is 9.30. The van der Waals surface area contributed by atoms with Crippen LogP contribution in [0.1, 0.15) is 47.4 Å². The van der Waals surface area contributed by atoms with Gasteiger partial charge >= 0.3 is 0 Å². The minimum Gasteiger partial charge on any atom is -0.316 e. The van der Waals surface area contributed by atoms with Crippen molar-refractivity contribution in [2.75, 3.05) is 13.1 Å². The van der Waals surface area contributed by atoms with Crippen LogP contribution in [0.15, 0.2) is 12.1 Å². The van der Waals surface area contributed by atoms with E-state index < -0.39 is 0 Å². The van der Waals surface area contributed by atoms with E-state index in [0.29, 0.717) is 5.41 Å². The van der Waals surface area contributed by atoms with E-state index >= 15 is 0 Å². The first-order valence-electron chi connectivity index (χ1n) is 6.88. The Bertz CT molecular complexity index is 420. The third-order valence-corrected chi connectivity index (χ3v) is 4.85. The molecule has 1 saturated heterocycles. The molecular weight excluding hydrogens is 206 g/mol. The molecule has 1 unspecified atom stereocenters. The van der Waals surface area contributed by atoms with E-state index in [-0.39, 0.29) is 0 Å². The quantitative estimate of drug-likeness (QED) is 0.777. The highest BCUT2D eigenvalue weighted by molar-refractivity contribution is 5.40. The van der Waals surface area contributed by atoms with Gasteiger partial charge in [0.05, 0.1) is 0 Å². The fourth-order valence-corrected chi connectivity index (χ4v) is 4.09. The second kappa shape index (κ2) is 3.84. The maximum atomic E-state index is 3.45. The molecule has 1 heteroatoms.